The van der Waals surface area contributed by atoms with Gasteiger partial charge >= 0.3 is 0 Å². The molecule has 0 saturated carbocycles. The molecule has 0 amide bonds. The first-order valence-corrected chi connectivity index (χ1v) is 9.02. The van der Waals surface area contributed by atoms with E-state index in [0.717, 1.165) is 35.6 Å². The summed E-state index contributed by atoms with van der Waals surface area (Å²) in [6.45, 7) is 4.25. The molecule has 2 aromatic carbocycles. The molecule has 25 heavy (non-hydrogen) atoms. The van der Waals surface area contributed by atoms with Crippen LogP contribution < -0.4 is 19.7 Å². The fraction of sp³-hybridized carbons (Fsp3) is 0.350. The van der Waals surface area contributed by atoms with Gasteiger partial charge in [0.2, 0.25) is 0 Å². The molecular formula is C20H22N2O2S. The molecule has 1 N–H and O–H groups in total. The zero-order valence-corrected chi connectivity index (χ0v) is 15.5. The topological polar surface area (TPSA) is 33.7 Å². The molecule has 0 spiro atoms. The third kappa shape index (κ3) is 2.54. The van der Waals surface area contributed by atoms with Crippen molar-refractivity contribution in [2.45, 2.75) is 38.5 Å². The van der Waals surface area contributed by atoms with Crippen molar-refractivity contribution in [3.8, 4) is 11.5 Å². The summed E-state index contributed by atoms with van der Waals surface area (Å²) in [5.74, 6) is 1.55. The summed E-state index contributed by atoms with van der Waals surface area (Å²) < 4.78 is 12.0. The molecule has 0 aliphatic carbocycles. The third-order valence-electron chi connectivity index (χ3n) is 5.09. The van der Waals surface area contributed by atoms with Gasteiger partial charge in [0.15, 0.2) is 22.3 Å². The average Bonchev–Trinajstić information content (AvgIpc) is 2.61. The first kappa shape index (κ1) is 16.2. The highest BCUT2D eigenvalue weighted by Crippen LogP contribution is 2.48. The van der Waals surface area contributed by atoms with Crippen LogP contribution in [-0.4, -0.2) is 17.9 Å². The first-order valence-electron chi connectivity index (χ1n) is 8.61. The van der Waals surface area contributed by atoms with Crippen LogP contribution in [0.5, 0.6) is 11.5 Å². The van der Waals surface area contributed by atoms with E-state index in [1.54, 1.807) is 7.11 Å². The van der Waals surface area contributed by atoms with Crippen LogP contribution in [0.25, 0.3) is 0 Å². The minimum absolute atomic E-state index is 0.127. The van der Waals surface area contributed by atoms with Crippen LogP contribution in [0.15, 0.2) is 42.5 Å². The summed E-state index contributed by atoms with van der Waals surface area (Å²) in [4.78, 5) is 2.08. The highest BCUT2D eigenvalue weighted by molar-refractivity contribution is 7.80. The minimum atomic E-state index is -0.553. The Balaban J connectivity index is 1.78. The van der Waals surface area contributed by atoms with E-state index in [4.69, 9.17) is 21.7 Å². The van der Waals surface area contributed by atoms with Gasteiger partial charge < -0.3 is 14.8 Å². The second kappa shape index (κ2) is 5.92. The Kier molecular flexibility index (Phi) is 3.84. The molecule has 1 fully saturated rings. The normalized spacial score (nSPS) is 24.2. The third-order valence-corrected chi connectivity index (χ3v) is 5.39. The maximum Gasteiger partial charge on any atom is 0.188 e. The van der Waals surface area contributed by atoms with Crippen molar-refractivity contribution in [3.05, 3.63) is 53.6 Å². The Hall–Kier alpha value is -2.27. The lowest BCUT2D eigenvalue weighted by atomic mass is 9.90. The van der Waals surface area contributed by atoms with Crippen LogP contribution in [0, 0.1) is 0 Å². The number of nitrogens with zero attached hydrogens (tertiary/aromatic N) is 1. The van der Waals surface area contributed by atoms with E-state index in [2.05, 4.69) is 54.4 Å². The summed E-state index contributed by atoms with van der Waals surface area (Å²) in [6, 6.07) is 14.6. The Morgan fingerprint density at radius 2 is 2.04 bits per heavy atom. The quantitative estimate of drug-likeness (QED) is 0.836. The number of fused-ring (bicyclic) bond motifs is 4. The number of thiocarbonyl (C=S) groups is 1. The van der Waals surface area contributed by atoms with Gasteiger partial charge in [-0.15, -0.1) is 0 Å². The van der Waals surface area contributed by atoms with Gasteiger partial charge in [-0.05, 0) is 49.3 Å². The first-order chi connectivity index (χ1) is 12.1. The molecule has 0 radical (unpaired) electrons. The van der Waals surface area contributed by atoms with E-state index in [9.17, 15) is 0 Å². The number of benzene rings is 2. The standard InChI is InChI=1S/C20H22N2O2S/c1-4-13-8-10-14(11-9-13)22-19(25)21-16-12-20(22,2)24-18-15(16)6-5-7-17(18)23-3/h5-11,16H,4,12H2,1-3H3,(H,21,25). The Morgan fingerprint density at radius 3 is 2.72 bits per heavy atom. The number of methoxy groups -OCH3 is 1. The number of anilines is 1. The lowest BCUT2D eigenvalue weighted by molar-refractivity contribution is 0.0464. The van der Waals surface area contributed by atoms with Crippen molar-refractivity contribution in [3.63, 3.8) is 0 Å². The summed E-state index contributed by atoms with van der Waals surface area (Å²) in [5.41, 5.74) is 2.89. The highest BCUT2D eigenvalue weighted by atomic mass is 32.1. The fourth-order valence-electron chi connectivity index (χ4n) is 3.79. The van der Waals surface area contributed by atoms with Gasteiger partial charge in [0.25, 0.3) is 0 Å². The zero-order chi connectivity index (χ0) is 17.6. The molecule has 2 unspecified atom stereocenters. The zero-order valence-electron chi connectivity index (χ0n) is 14.7. The molecule has 2 bridgehead atoms. The predicted octanol–water partition coefficient (Wildman–Crippen LogP) is 4.19. The Bertz CT molecular complexity index is 821. The number of rotatable bonds is 3. The lowest BCUT2D eigenvalue weighted by Crippen LogP contribution is -2.65. The van der Waals surface area contributed by atoms with Crippen molar-refractivity contribution in [2.24, 2.45) is 0 Å². The van der Waals surface area contributed by atoms with Crippen molar-refractivity contribution >= 4 is 23.0 Å². The van der Waals surface area contributed by atoms with Crippen LogP contribution >= 0.6 is 12.2 Å². The molecule has 2 aliphatic heterocycles. The number of aryl methyl sites for hydroxylation is 1. The molecule has 4 nitrogen and oxygen atoms in total. The van der Waals surface area contributed by atoms with E-state index in [1.807, 2.05) is 12.1 Å². The molecule has 2 atom stereocenters. The summed E-state index contributed by atoms with van der Waals surface area (Å²) in [6.07, 6.45) is 1.83. The van der Waals surface area contributed by atoms with Crippen LogP contribution in [0.3, 0.4) is 0 Å². The largest absolute Gasteiger partial charge is 0.493 e. The van der Waals surface area contributed by atoms with Gasteiger partial charge in [0.1, 0.15) is 0 Å². The smallest absolute Gasteiger partial charge is 0.188 e. The lowest BCUT2D eigenvalue weighted by Gasteiger charge is -2.52. The number of nitrogens with one attached hydrogen (secondary N) is 1. The number of ether oxygens (including phenoxy) is 2. The van der Waals surface area contributed by atoms with E-state index in [-0.39, 0.29) is 6.04 Å². The van der Waals surface area contributed by atoms with Crippen LogP contribution in [0.1, 0.15) is 37.4 Å². The van der Waals surface area contributed by atoms with E-state index in [1.165, 1.54) is 5.56 Å². The van der Waals surface area contributed by atoms with Gasteiger partial charge in [-0.1, -0.05) is 31.2 Å². The van der Waals surface area contributed by atoms with Gasteiger partial charge in [-0.2, -0.15) is 0 Å². The molecule has 2 aromatic rings. The average molecular weight is 354 g/mol. The van der Waals surface area contributed by atoms with Crippen molar-refractivity contribution in [1.82, 2.24) is 5.32 Å². The molecule has 5 heteroatoms. The minimum Gasteiger partial charge on any atom is -0.493 e. The van der Waals surface area contributed by atoms with E-state index >= 15 is 0 Å². The second-order valence-electron chi connectivity index (χ2n) is 6.72. The Labute approximate surface area is 153 Å². The van der Waals surface area contributed by atoms with Crippen LogP contribution in [0.2, 0.25) is 0 Å². The van der Waals surface area contributed by atoms with Gasteiger partial charge in [-0.3, -0.25) is 4.90 Å². The number of hydrogen-bond donors (Lipinski definition) is 1. The van der Waals surface area contributed by atoms with Crippen molar-refractivity contribution in [1.29, 1.82) is 0 Å². The maximum absolute atomic E-state index is 6.48. The molecule has 0 aromatic heterocycles. The second-order valence-corrected chi connectivity index (χ2v) is 7.10. The number of para-hydroxylation sites is 1. The molecule has 1 saturated heterocycles. The van der Waals surface area contributed by atoms with E-state index < -0.39 is 5.72 Å². The monoisotopic (exact) mass is 354 g/mol. The molecular weight excluding hydrogens is 332 g/mol. The van der Waals surface area contributed by atoms with Crippen LogP contribution in [-0.2, 0) is 6.42 Å². The predicted molar refractivity (Wildman–Crippen MR) is 103 cm³/mol. The SMILES string of the molecule is CCc1ccc(N2C(=S)NC3CC2(C)Oc2c(OC)cccc23)cc1. The fourth-order valence-corrected chi connectivity index (χ4v) is 4.23. The molecule has 2 heterocycles. The van der Waals surface area contributed by atoms with Crippen molar-refractivity contribution < 1.29 is 9.47 Å². The summed E-state index contributed by atoms with van der Waals surface area (Å²) >= 11 is 5.69. The highest BCUT2D eigenvalue weighted by Gasteiger charge is 2.49. The summed E-state index contributed by atoms with van der Waals surface area (Å²) in [5, 5.41) is 4.17. The molecule has 130 valence electrons. The maximum atomic E-state index is 6.48. The van der Waals surface area contributed by atoms with Gasteiger partial charge in [0, 0.05) is 17.7 Å². The van der Waals surface area contributed by atoms with Crippen molar-refractivity contribution in [2.75, 3.05) is 12.0 Å². The molecule has 4 rings (SSSR count). The van der Waals surface area contributed by atoms with Gasteiger partial charge in [-0.25, -0.2) is 0 Å². The van der Waals surface area contributed by atoms with Gasteiger partial charge in [0.05, 0.1) is 13.2 Å². The van der Waals surface area contributed by atoms with Crippen LogP contribution in [0.4, 0.5) is 5.69 Å². The molecule has 2 aliphatic rings. The number of hydrogen-bond acceptors (Lipinski definition) is 3. The van der Waals surface area contributed by atoms with E-state index in [0.29, 0.717) is 5.11 Å². The Morgan fingerprint density at radius 1 is 1.28 bits per heavy atom. The summed E-state index contributed by atoms with van der Waals surface area (Å²) in [7, 11) is 1.67.